The number of benzene rings is 1. The molecule has 1 aromatic rings. The zero-order valence-electron chi connectivity index (χ0n) is 13.4. The number of allylic oxidation sites excluding steroid dienone is 8. The van der Waals surface area contributed by atoms with Crippen molar-refractivity contribution < 1.29 is 0 Å². The van der Waals surface area contributed by atoms with Crippen molar-refractivity contribution in [3.63, 3.8) is 0 Å². The summed E-state index contributed by atoms with van der Waals surface area (Å²) in [4.78, 5) is 1.59. The molecule has 124 valence electrons. The lowest BCUT2D eigenvalue weighted by molar-refractivity contribution is 0.920. The van der Waals surface area contributed by atoms with Crippen molar-refractivity contribution in [3.05, 3.63) is 83.7 Å². The predicted octanol–water partition coefficient (Wildman–Crippen LogP) is 4.82. The van der Waals surface area contributed by atoms with Crippen LogP contribution in [0.2, 0.25) is 0 Å². The maximum absolute atomic E-state index is 5.34. The number of thiocarbonyl (C=S) groups is 2. The van der Waals surface area contributed by atoms with Gasteiger partial charge in [0.1, 0.15) is 0 Å². The van der Waals surface area contributed by atoms with Gasteiger partial charge in [-0.25, -0.2) is 0 Å². The molecule has 3 rings (SSSR count). The lowest BCUT2D eigenvalue weighted by Gasteiger charge is -2.10. The summed E-state index contributed by atoms with van der Waals surface area (Å²) in [5.41, 5.74) is 5.35. The van der Waals surface area contributed by atoms with Crippen LogP contribution in [-0.4, -0.2) is 15.6 Å². The van der Waals surface area contributed by atoms with Gasteiger partial charge in [-0.2, -0.15) is 5.10 Å². The topological polar surface area (TPSA) is 49.1 Å². The maximum atomic E-state index is 5.34. The fourth-order valence-corrected chi connectivity index (χ4v) is 2.62. The van der Waals surface area contributed by atoms with Gasteiger partial charge < -0.3 is 0 Å². The second-order valence-corrected chi connectivity index (χ2v) is 6.34. The first-order valence-electron chi connectivity index (χ1n) is 7.85. The molecule has 0 radical (unpaired) electrons. The molecular weight excluding hydrogens is 348 g/mol. The summed E-state index contributed by atoms with van der Waals surface area (Å²) in [6.45, 7) is 0. The van der Waals surface area contributed by atoms with E-state index in [2.05, 4.69) is 20.8 Å². The Kier molecular flexibility index (Phi) is 5.87. The third kappa shape index (κ3) is 4.71. The standard InChI is InChI=1S/C19H16N4S2/c24-17-12-6-4-10-15(17)20-22-19(14-8-2-1-3-9-14)23-21-16-11-5-7-13-18(16)25/h1-11,20H,12-13H2. The summed E-state index contributed by atoms with van der Waals surface area (Å²) < 4.78 is 0. The van der Waals surface area contributed by atoms with Gasteiger partial charge in [-0.3, -0.25) is 5.43 Å². The summed E-state index contributed by atoms with van der Waals surface area (Å²) in [6, 6.07) is 9.67. The molecule has 0 bridgehead atoms. The lowest BCUT2D eigenvalue weighted by atomic mass is 10.1. The number of hydrazone groups is 1. The quantitative estimate of drug-likeness (QED) is 0.274. The number of nitrogens with zero attached hydrogens (tertiary/aromatic N) is 3. The van der Waals surface area contributed by atoms with Gasteiger partial charge >= 0.3 is 0 Å². The molecule has 1 aromatic carbocycles. The van der Waals surface area contributed by atoms with Gasteiger partial charge in [0.25, 0.3) is 0 Å². The van der Waals surface area contributed by atoms with Crippen molar-refractivity contribution in [1.29, 1.82) is 0 Å². The molecule has 2 aliphatic rings. The van der Waals surface area contributed by atoms with Crippen LogP contribution in [0.4, 0.5) is 0 Å². The molecule has 0 saturated carbocycles. The molecule has 0 amide bonds. The summed E-state index contributed by atoms with van der Waals surface area (Å²) in [5.74, 6) is 0.470. The smallest absolute Gasteiger partial charge is 0.201 e. The van der Waals surface area contributed by atoms with Crippen LogP contribution in [0.1, 0.15) is 18.4 Å². The van der Waals surface area contributed by atoms with Gasteiger partial charge in [-0.15, -0.1) is 10.2 Å². The van der Waals surface area contributed by atoms with Crippen LogP contribution in [0.5, 0.6) is 0 Å². The van der Waals surface area contributed by atoms with Crippen LogP contribution < -0.4 is 5.43 Å². The Morgan fingerprint density at radius 3 is 2.36 bits per heavy atom. The van der Waals surface area contributed by atoms with Crippen LogP contribution in [0, 0.1) is 0 Å². The van der Waals surface area contributed by atoms with Crippen molar-refractivity contribution in [1.82, 2.24) is 5.43 Å². The Morgan fingerprint density at radius 1 is 0.920 bits per heavy atom. The first kappa shape index (κ1) is 17.3. The molecule has 0 aliphatic heterocycles. The molecule has 6 heteroatoms. The van der Waals surface area contributed by atoms with Crippen molar-refractivity contribution in [3.8, 4) is 0 Å². The summed E-state index contributed by atoms with van der Waals surface area (Å²) in [7, 11) is 0. The highest BCUT2D eigenvalue weighted by Crippen LogP contribution is 2.13. The summed E-state index contributed by atoms with van der Waals surface area (Å²) in [6.07, 6.45) is 13.1. The molecule has 25 heavy (non-hydrogen) atoms. The SMILES string of the molecule is S=C1CC=CC=C1N=NC(=NNC1=CC=CCC1=S)c1ccccc1. The largest absolute Gasteiger partial charge is 0.275 e. The summed E-state index contributed by atoms with van der Waals surface area (Å²) in [5, 5.41) is 13.0. The van der Waals surface area contributed by atoms with E-state index in [1.165, 1.54) is 0 Å². The molecule has 4 nitrogen and oxygen atoms in total. The van der Waals surface area contributed by atoms with E-state index >= 15 is 0 Å². The van der Waals surface area contributed by atoms with E-state index in [0.29, 0.717) is 18.0 Å². The zero-order valence-corrected chi connectivity index (χ0v) is 15.1. The highest BCUT2D eigenvalue weighted by Gasteiger charge is 2.09. The number of azo groups is 1. The predicted molar refractivity (Wildman–Crippen MR) is 110 cm³/mol. The van der Waals surface area contributed by atoms with E-state index in [0.717, 1.165) is 27.4 Å². The Balaban J connectivity index is 1.86. The number of rotatable bonds is 4. The van der Waals surface area contributed by atoms with Crippen LogP contribution in [0.3, 0.4) is 0 Å². The summed E-state index contributed by atoms with van der Waals surface area (Å²) >= 11 is 10.7. The monoisotopic (exact) mass is 364 g/mol. The van der Waals surface area contributed by atoms with E-state index in [1.807, 2.05) is 66.8 Å². The number of nitrogens with one attached hydrogen (secondary N) is 1. The molecule has 0 saturated heterocycles. The van der Waals surface area contributed by atoms with E-state index < -0.39 is 0 Å². The third-order valence-corrected chi connectivity index (χ3v) is 4.31. The van der Waals surface area contributed by atoms with Gasteiger partial charge in [0.15, 0.2) is 0 Å². The fraction of sp³-hybridized carbons (Fsp3) is 0.105. The zero-order chi connectivity index (χ0) is 17.5. The van der Waals surface area contributed by atoms with Crippen molar-refractivity contribution in [2.24, 2.45) is 15.3 Å². The Bertz CT molecular complexity index is 859. The molecular formula is C19H16N4S2. The Labute approximate surface area is 157 Å². The number of amidine groups is 1. The second-order valence-electron chi connectivity index (χ2n) is 5.36. The highest BCUT2D eigenvalue weighted by atomic mass is 32.1. The molecule has 1 N–H and O–H groups in total. The van der Waals surface area contributed by atoms with Gasteiger partial charge in [0.2, 0.25) is 5.84 Å². The molecule has 0 spiro atoms. The molecule has 0 fully saturated rings. The second kappa shape index (κ2) is 8.50. The van der Waals surface area contributed by atoms with Crippen molar-refractivity contribution in [2.45, 2.75) is 12.8 Å². The molecule has 2 aliphatic carbocycles. The van der Waals surface area contributed by atoms with E-state index in [-0.39, 0.29) is 0 Å². The first-order chi connectivity index (χ1) is 12.2. The molecule has 0 atom stereocenters. The van der Waals surface area contributed by atoms with E-state index in [1.54, 1.807) is 0 Å². The third-order valence-electron chi connectivity index (χ3n) is 3.55. The Morgan fingerprint density at radius 2 is 1.64 bits per heavy atom. The van der Waals surface area contributed by atoms with Crippen LogP contribution in [0.25, 0.3) is 0 Å². The lowest BCUT2D eigenvalue weighted by Crippen LogP contribution is -2.17. The average molecular weight is 364 g/mol. The van der Waals surface area contributed by atoms with Gasteiger partial charge in [0.05, 0.1) is 11.4 Å². The minimum Gasteiger partial charge on any atom is -0.275 e. The minimum atomic E-state index is 0.470. The maximum Gasteiger partial charge on any atom is 0.201 e. The van der Waals surface area contributed by atoms with Crippen LogP contribution >= 0.6 is 24.4 Å². The highest BCUT2D eigenvalue weighted by molar-refractivity contribution is 7.81. The minimum absolute atomic E-state index is 0.470. The Hall–Kier alpha value is -2.57. The van der Waals surface area contributed by atoms with Crippen LogP contribution in [-0.2, 0) is 0 Å². The van der Waals surface area contributed by atoms with Crippen LogP contribution in [0.15, 0.2) is 93.5 Å². The molecule has 0 unspecified atom stereocenters. The van der Waals surface area contributed by atoms with Crippen molar-refractivity contribution >= 4 is 40.0 Å². The normalized spacial score (nSPS) is 17.7. The number of hydrogen-bond donors (Lipinski definition) is 1. The van der Waals surface area contributed by atoms with E-state index in [9.17, 15) is 0 Å². The fourth-order valence-electron chi connectivity index (χ4n) is 2.21. The van der Waals surface area contributed by atoms with Gasteiger partial charge in [0, 0.05) is 28.1 Å². The van der Waals surface area contributed by atoms with Gasteiger partial charge in [-0.05, 0) is 12.2 Å². The van der Waals surface area contributed by atoms with Crippen molar-refractivity contribution in [2.75, 3.05) is 0 Å². The van der Waals surface area contributed by atoms with Gasteiger partial charge in [-0.1, -0.05) is 79.1 Å². The first-order valence-corrected chi connectivity index (χ1v) is 8.66. The van der Waals surface area contributed by atoms with E-state index in [4.69, 9.17) is 24.4 Å². The number of hydrogen-bond acceptors (Lipinski definition) is 5. The molecule has 0 heterocycles. The molecule has 0 aromatic heterocycles. The average Bonchev–Trinajstić information content (AvgIpc) is 2.65.